The van der Waals surface area contributed by atoms with Gasteiger partial charge in [0.1, 0.15) is 0 Å². The quantitative estimate of drug-likeness (QED) is 0.656. The van der Waals surface area contributed by atoms with E-state index in [0.717, 1.165) is 0 Å². The number of anilines is 1. The van der Waals surface area contributed by atoms with Crippen molar-refractivity contribution in [2.45, 2.75) is 0 Å². The summed E-state index contributed by atoms with van der Waals surface area (Å²) in [6.45, 7) is 2.08. The van der Waals surface area contributed by atoms with Crippen molar-refractivity contribution in [3.05, 3.63) is 24.0 Å². The number of aromatic carboxylic acids is 1. The molecule has 1 aromatic rings. The van der Waals surface area contributed by atoms with Crippen molar-refractivity contribution in [2.75, 3.05) is 38.8 Å². The molecule has 2 N–H and O–H groups in total. The maximum Gasteiger partial charge on any atom is 0.337 e. The van der Waals surface area contributed by atoms with Gasteiger partial charge in [0.2, 0.25) is 0 Å². The third kappa shape index (κ3) is 4.80. The van der Waals surface area contributed by atoms with Gasteiger partial charge in [0.25, 0.3) is 0 Å². The maximum atomic E-state index is 10.9. The second kappa shape index (κ2) is 7.59. The van der Waals surface area contributed by atoms with Crippen LogP contribution in [0.1, 0.15) is 10.4 Å². The van der Waals surface area contributed by atoms with Gasteiger partial charge in [0.15, 0.2) is 0 Å². The predicted molar refractivity (Wildman–Crippen MR) is 62.4 cm³/mol. The molecule has 1 aromatic heterocycles. The highest BCUT2D eigenvalue weighted by Gasteiger charge is 2.08. The lowest BCUT2D eigenvalue weighted by molar-refractivity contribution is 0.0697. The topological polar surface area (TPSA) is 80.7 Å². The summed E-state index contributed by atoms with van der Waals surface area (Å²) in [5.41, 5.74) is 0.701. The molecule has 17 heavy (non-hydrogen) atoms. The summed E-state index contributed by atoms with van der Waals surface area (Å²) < 4.78 is 10.1. The van der Waals surface area contributed by atoms with Gasteiger partial charge < -0.3 is 19.9 Å². The molecular formula is C11H16N2O4. The Labute approximate surface area is 99.6 Å². The van der Waals surface area contributed by atoms with Crippen LogP contribution >= 0.6 is 0 Å². The lowest BCUT2D eigenvalue weighted by Crippen LogP contribution is -2.14. The van der Waals surface area contributed by atoms with E-state index in [0.29, 0.717) is 32.1 Å². The lowest BCUT2D eigenvalue weighted by Gasteiger charge is -2.09. The fraction of sp³-hybridized carbons (Fsp3) is 0.455. The number of nitrogens with zero attached hydrogens (tertiary/aromatic N) is 1. The Hall–Kier alpha value is -1.66. The third-order valence-corrected chi connectivity index (χ3v) is 2.05. The van der Waals surface area contributed by atoms with Crippen molar-refractivity contribution in [1.82, 2.24) is 4.98 Å². The van der Waals surface area contributed by atoms with Crippen LogP contribution in [0.25, 0.3) is 0 Å². The van der Waals surface area contributed by atoms with E-state index in [1.165, 1.54) is 18.5 Å². The minimum Gasteiger partial charge on any atom is -0.478 e. The molecule has 0 saturated heterocycles. The summed E-state index contributed by atoms with van der Waals surface area (Å²) in [6, 6.07) is 1.45. The number of carbonyl (C=O) groups is 1. The average molecular weight is 240 g/mol. The number of hydrogen-bond donors (Lipinski definition) is 2. The molecule has 0 aliphatic heterocycles. The van der Waals surface area contributed by atoms with Crippen LogP contribution in [-0.4, -0.2) is 49.5 Å². The van der Waals surface area contributed by atoms with Crippen molar-refractivity contribution < 1.29 is 19.4 Å². The second-order valence-corrected chi connectivity index (χ2v) is 3.26. The summed E-state index contributed by atoms with van der Waals surface area (Å²) in [4.78, 5) is 14.7. The molecule has 0 spiro atoms. The fourth-order valence-corrected chi connectivity index (χ4v) is 1.22. The SMILES string of the molecule is COCCOCCNc1cnccc1C(=O)O. The standard InChI is InChI=1S/C11H16N2O4/c1-16-6-7-17-5-4-13-10-8-12-3-2-9(10)11(14)15/h2-3,8,13H,4-7H2,1H3,(H,14,15). The monoisotopic (exact) mass is 240 g/mol. The van der Waals surface area contributed by atoms with E-state index in [9.17, 15) is 4.79 Å². The molecule has 0 unspecified atom stereocenters. The van der Waals surface area contributed by atoms with Crippen molar-refractivity contribution in [3.63, 3.8) is 0 Å². The predicted octanol–water partition coefficient (Wildman–Crippen LogP) is 0.855. The molecular weight excluding hydrogens is 224 g/mol. The number of carboxylic acid groups (broad SMARTS) is 1. The van der Waals surface area contributed by atoms with Crippen molar-refractivity contribution in [3.8, 4) is 0 Å². The van der Waals surface area contributed by atoms with Crippen LogP contribution in [0.2, 0.25) is 0 Å². The molecule has 0 radical (unpaired) electrons. The number of rotatable bonds is 8. The van der Waals surface area contributed by atoms with Gasteiger partial charge in [-0.3, -0.25) is 4.98 Å². The van der Waals surface area contributed by atoms with Crippen molar-refractivity contribution in [1.29, 1.82) is 0 Å². The first-order valence-electron chi connectivity index (χ1n) is 5.23. The maximum absolute atomic E-state index is 10.9. The number of pyridine rings is 1. The van der Waals surface area contributed by atoms with E-state index in [1.54, 1.807) is 7.11 Å². The zero-order chi connectivity index (χ0) is 12.5. The molecule has 0 saturated carbocycles. The molecule has 94 valence electrons. The van der Waals surface area contributed by atoms with Gasteiger partial charge >= 0.3 is 5.97 Å². The Morgan fingerprint density at radius 3 is 3.00 bits per heavy atom. The number of ether oxygens (including phenoxy) is 2. The molecule has 6 heteroatoms. The molecule has 1 heterocycles. The largest absolute Gasteiger partial charge is 0.478 e. The van der Waals surface area contributed by atoms with Crippen molar-refractivity contribution in [2.24, 2.45) is 0 Å². The van der Waals surface area contributed by atoms with E-state index in [4.69, 9.17) is 14.6 Å². The molecule has 0 atom stereocenters. The number of carboxylic acids is 1. The van der Waals surface area contributed by atoms with E-state index >= 15 is 0 Å². The second-order valence-electron chi connectivity index (χ2n) is 3.26. The summed E-state index contributed by atoms with van der Waals surface area (Å²) in [5, 5.41) is 11.9. The van der Waals surface area contributed by atoms with Gasteiger partial charge in [-0.15, -0.1) is 0 Å². The molecule has 0 amide bonds. The number of nitrogens with one attached hydrogen (secondary N) is 1. The zero-order valence-corrected chi connectivity index (χ0v) is 9.68. The zero-order valence-electron chi connectivity index (χ0n) is 9.68. The molecule has 6 nitrogen and oxygen atoms in total. The minimum atomic E-state index is -0.977. The third-order valence-electron chi connectivity index (χ3n) is 2.05. The Kier molecular flexibility index (Phi) is 5.98. The van der Waals surface area contributed by atoms with Gasteiger partial charge in [-0.25, -0.2) is 4.79 Å². The van der Waals surface area contributed by atoms with E-state index in [1.807, 2.05) is 0 Å². The lowest BCUT2D eigenvalue weighted by atomic mass is 10.2. The van der Waals surface area contributed by atoms with Gasteiger partial charge in [-0.1, -0.05) is 0 Å². The first kappa shape index (κ1) is 13.4. The number of hydrogen-bond acceptors (Lipinski definition) is 5. The first-order valence-corrected chi connectivity index (χ1v) is 5.23. The normalized spacial score (nSPS) is 10.2. The molecule has 0 aliphatic carbocycles. The Morgan fingerprint density at radius 2 is 2.29 bits per heavy atom. The van der Waals surface area contributed by atoms with Gasteiger partial charge in [0, 0.05) is 19.9 Å². The van der Waals surface area contributed by atoms with Crippen LogP contribution in [0.15, 0.2) is 18.5 Å². The van der Waals surface area contributed by atoms with Gasteiger partial charge in [-0.2, -0.15) is 0 Å². The van der Waals surface area contributed by atoms with E-state index < -0.39 is 5.97 Å². The highest BCUT2D eigenvalue weighted by Crippen LogP contribution is 2.12. The fourth-order valence-electron chi connectivity index (χ4n) is 1.22. The smallest absolute Gasteiger partial charge is 0.337 e. The first-order chi connectivity index (χ1) is 8.25. The number of methoxy groups -OCH3 is 1. The van der Waals surface area contributed by atoms with Crippen LogP contribution in [-0.2, 0) is 9.47 Å². The number of aromatic nitrogens is 1. The summed E-state index contributed by atoms with van der Waals surface area (Å²) in [6.07, 6.45) is 2.93. The van der Waals surface area contributed by atoms with Gasteiger partial charge in [-0.05, 0) is 6.07 Å². The highest BCUT2D eigenvalue weighted by molar-refractivity contribution is 5.93. The molecule has 0 aliphatic rings. The molecule has 0 fully saturated rings. The van der Waals surface area contributed by atoms with Crippen LogP contribution in [0.3, 0.4) is 0 Å². The molecule has 1 rings (SSSR count). The Bertz CT molecular complexity index is 357. The van der Waals surface area contributed by atoms with Crippen LogP contribution in [0.5, 0.6) is 0 Å². The van der Waals surface area contributed by atoms with Crippen LogP contribution < -0.4 is 5.32 Å². The van der Waals surface area contributed by atoms with Crippen LogP contribution in [0, 0.1) is 0 Å². The summed E-state index contributed by atoms with van der Waals surface area (Å²) in [7, 11) is 1.61. The van der Waals surface area contributed by atoms with Gasteiger partial charge in [0.05, 0.1) is 37.3 Å². The average Bonchev–Trinajstić information content (AvgIpc) is 2.34. The van der Waals surface area contributed by atoms with Crippen molar-refractivity contribution >= 4 is 11.7 Å². The Balaban J connectivity index is 2.34. The highest BCUT2D eigenvalue weighted by atomic mass is 16.5. The Morgan fingerprint density at radius 1 is 1.47 bits per heavy atom. The van der Waals surface area contributed by atoms with Crippen LogP contribution in [0.4, 0.5) is 5.69 Å². The minimum absolute atomic E-state index is 0.205. The summed E-state index contributed by atoms with van der Waals surface area (Å²) in [5.74, 6) is -0.977. The molecule has 0 aromatic carbocycles. The molecule has 0 bridgehead atoms. The van der Waals surface area contributed by atoms with E-state index in [2.05, 4.69) is 10.3 Å². The van der Waals surface area contributed by atoms with E-state index in [-0.39, 0.29) is 5.56 Å². The summed E-state index contributed by atoms with van der Waals surface area (Å²) >= 11 is 0.